The molecule has 0 spiro atoms. The van der Waals surface area contributed by atoms with E-state index in [0.717, 1.165) is 12.0 Å². The summed E-state index contributed by atoms with van der Waals surface area (Å²) in [4.78, 5) is 32.3. The minimum absolute atomic E-state index is 0.0630. The number of hydroxylamine groups is 1. The number of carbonyl (C=O) groups excluding carboxylic acids is 2. The van der Waals surface area contributed by atoms with Crippen LogP contribution in [0.4, 0.5) is 0 Å². The van der Waals surface area contributed by atoms with E-state index in [9.17, 15) is 9.59 Å². The van der Waals surface area contributed by atoms with Crippen molar-refractivity contribution in [1.29, 1.82) is 0 Å². The third kappa shape index (κ3) is 5.70. The number of Topliss-reactive ketones (excluding diaryl/α,β-unsaturated/α-hetero) is 1. The van der Waals surface area contributed by atoms with E-state index in [4.69, 9.17) is 9.57 Å². The minimum atomic E-state index is -0.410. The van der Waals surface area contributed by atoms with Gasteiger partial charge in [0.1, 0.15) is 12.4 Å². The number of nitrogens with zero attached hydrogens (tertiary/aromatic N) is 1. The second-order valence-corrected chi connectivity index (χ2v) is 6.89. The Bertz CT molecular complexity index is 738. The summed E-state index contributed by atoms with van der Waals surface area (Å²) in [7, 11) is 3.41. The summed E-state index contributed by atoms with van der Waals surface area (Å²) in [6.45, 7) is 4.66. The number of carbonyl (C=O) groups is 2. The number of ketones is 1. The largest absolute Gasteiger partial charge is 0.492 e. The van der Waals surface area contributed by atoms with Crippen LogP contribution < -0.4 is 5.48 Å². The van der Waals surface area contributed by atoms with E-state index < -0.39 is 5.92 Å². The number of rotatable bonds is 9. The van der Waals surface area contributed by atoms with E-state index in [1.54, 1.807) is 14.1 Å². The molecule has 1 N–H and O–H groups in total. The highest BCUT2D eigenvalue weighted by molar-refractivity contribution is 6.03. The zero-order valence-corrected chi connectivity index (χ0v) is 17.2. The molecule has 6 nitrogen and oxygen atoms in total. The van der Waals surface area contributed by atoms with Crippen LogP contribution in [0.2, 0.25) is 0 Å². The Kier molecular flexibility index (Phi) is 8.26. The van der Waals surface area contributed by atoms with Gasteiger partial charge in [-0.15, -0.1) is 0 Å². The quantitative estimate of drug-likeness (QED) is 0.659. The lowest BCUT2D eigenvalue weighted by Crippen LogP contribution is -2.35. The first-order valence-electron chi connectivity index (χ1n) is 9.70. The molecule has 1 aliphatic carbocycles. The average Bonchev–Trinajstić information content (AvgIpc) is 2.69. The molecule has 0 fully saturated rings. The first kappa shape index (κ1) is 21.7. The van der Waals surface area contributed by atoms with Gasteiger partial charge >= 0.3 is 0 Å². The van der Waals surface area contributed by atoms with Gasteiger partial charge in [0.2, 0.25) is 5.91 Å². The third-order valence-corrected chi connectivity index (χ3v) is 4.47. The fraction of sp³-hybridized carbons (Fsp3) is 0.455. The topological polar surface area (TPSA) is 67.9 Å². The van der Waals surface area contributed by atoms with Crippen LogP contribution in [0, 0.1) is 5.92 Å². The van der Waals surface area contributed by atoms with E-state index in [-0.39, 0.29) is 18.1 Å². The first-order chi connectivity index (χ1) is 13.5. The van der Waals surface area contributed by atoms with Crippen LogP contribution in [0.15, 0.2) is 53.4 Å². The number of ether oxygens (including phenoxy) is 1. The van der Waals surface area contributed by atoms with Gasteiger partial charge < -0.3 is 9.64 Å². The molecular weight excluding hydrogens is 356 g/mol. The van der Waals surface area contributed by atoms with E-state index in [0.29, 0.717) is 36.7 Å². The average molecular weight is 386 g/mol. The number of amides is 1. The molecule has 152 valence electrons. The Hall–Kier alpha value is -2.60. The van der Waals surface area contributed by atoms with Crippen molar-refractivity contribution in [1.82, 2.24) is 10.4 Å². The smallest absolute Gasteiger partial charge is 0.226 e. The fourth-order valence-electron chi connectivity index (χ4n) is 3.14. The van der Waals surface area contributed by atoms with Gasteiger partial charge in [-0.2, -0.15) is 0 Å². The van der Waals surface area contributed by atoms with Crippen molar-refractivity contribution < 1.29 is 19.2 Å². The molecule has 0 aromatic heterocycles. The molecule has 1 aromatic carbocycles. The first-order valence-corrected chi connectivity index (χ1v) is 9.70. The Morgan fingerprint density at radius 1 is 1.21 bits per heavy atom. The van der Waals surface area contributed by atoms with E-state index in [1.807, 2.05) is 50.3 Å². The maximum atomic E-state index is 13.0. The molecule has 0 heterocycles. The Labute approximate surface area is 167 Å². The van der Waals surface area contributed by atoms with Crippen LogP contribution in [0.1, 0.15) is 38.7 Å². The monoisotopic (exact) mass is 386 g/mol. The lowest BCUT2D eigenvalue weighted by molar-refractivity contribution is -0.136. The number of allylic oxidation sites excluding steroid dienone is 3. The normalized spacial score (nSPS) is 17.5. The van der Waals surface area contributed by atoms with Crippen molar-refractivity contribution in [3.63, 3.8) is 0 Å². The van der Waals surface area contributed by atoms with Crippen molar-refractivity contribution in [3.05, 3.63) is 59.0 Å². The molecule has 1 amide bonds. The third-order valence-electron chi connectivity index (χ3n) is 4.47. The molecule has 0 saturated carbocycles. The van der Waals surface area contributed by atoms with Gasteiger partial charge in [0, 0.05) is 26.9 Å². The predicted molar refractivity (Wildman–Crippen MR) is 108 cm³/mol. The Morgan fingerprint density at radius 3 is 2.54 bits per heavy atom. The van der Waals surface area contributed by atoms with Gasteiger partial charge in [0.05, 0.1) is 23.8 Å². The minimum Gasteiger partial charge on any atom is -0.492 e. The highest BCUT2D eigenvalue weighted by Crippen LogP contribution is 2.33. The SMILES string of the molecule is CCC=C(NOCC)C1=C(OCc2ccccc2)CC(C(=O)N(C)C)CC1=O. The molecule has 1 unspecified atom stereocenters. The van der Waals surface area contributed by atoms with Gasteiger partial charge in [-0.25, -0.2) is 0 Å². The van der Waals surface area contributed by atoms with E-state index in [1.165, 1.54) is 4.90 Å². The molecule has 1 aliphatic rings. The summed E-state index contributed by atoms with van der Waals surface area (Å²) < 4.78 is 6.07. The van der Waals surface area contributed by atoms with Crippen molar-refractivity contribution in [2.75, 3.05) is 20.7 Å². The number of hydrogen-bond donors (Lipinski definition) is 1. The zero-order chi connectivity index (χ0) is 20.5. The molecule has 2 rings (SSSR count). The van der Waals surface area contributed by atoms with Crippen molar-refractivity contribution >= 4 is 11.7 Å². The number of nitrogens with one attached hydrogen (secondary N) is 1. The number of benzene rings is 1. The van der Waals surface area contributed by atoms with Crippen molar-refractivity contribution in [2.45, 2.75) is 39.7 Å². The Balaban J connectivity index is 2.36. The summed E-state index contributed by atoms with van der Waals surface area (Å²) in [5.41, 5.74) is 4.96. The van der Waals surface area contributed by atoms with Crippen molar-refractivity contribution in [3.8, 4) is 0 Å². The van der Waals surface area contributed by atoms with Crippen LogP contribution in [-0.4, -0.2) is 37.3 Å². The summed E-state index contributed by atoms with van der Waals surface area (Å²) in [6.07, 6.45) is 3.19. The lowest BCUT2D eigenvalue weighted by Gasteiger charge is -2.28. The molecular formula is C22H30N2O4. The van der Waals surface area contributed by atoms with Gasteiger partial charge in [0.25, 0.3) is 0 Å². The van der Waals surface area contributed by atoms with Crippen LogP contribution in [0.5, 0.6) is 0 Å². The number of hydrogen-bond acceptors (Lipinski definition) is 5. The summed E-state index contributed by atoms with van der Waals surface area (Å²) >= 11 is 0. The van der Waals surface area contributed by atoms with Gasteiger partial charge in [-0.1, -0.05) is 43.3 Å². The maximum Gasteiger partial charge on any atom is 0.226 e. The van der Waals surface area contributed by atoms with Gasteiger partial charge in [0.15, 0.2) is 5.78 Å². The van der Waals surface area contributed by atoms with Crippen LogP contribution in [0.25, 0.3) is 0 Å². The second kappa shape index (κ2) is 10.7. The molecule has 6 heteroatoms. The molecule has 0 saturated heterocycles. The zero-order valence-electron chi connectivity index (χ0n) is 17.2. The van der Waals surface area contributed by atoms with Crippen LogP contribution >= 0.6 is 0 Å². The standard InChI is InChI=1S/C22H30N2O4/c1-5-10-18(23-28-6-2)21-19(25)13-17(22(26)24(3)4)14-20(21)27-15-16-11-8-7-9-12-16/h7-12,17,23H,5-6,13-15H2,1-4H3. The maximum absolute atomic E-state index is 13.0. The van der Waals surface area contributed by atoms with Gasteiger partial charge in [-0.05, 0) is 18.9 Å². The Morgan fingerprint density at radius 2 is 1.93 bits per heavy atom. The molecule has 1 aromatic rings. The van der Waals surface area contributed by atoms with E-state index in [2.05, 4.69) is 5.48 Å². The van der Waals surface area contributed by atoms with Gasteiger partial charge in [-0.3, -0.25) is 19.9 Å². The molecule has 0 aliphatic heterocycles. The molecule has 0 bridgehead atoms. The highest BCUT2D eigenvalue weighted by atomic mass is 16.6. The molecule has 28 heavy (non-hydrogen) atoms. The lowest BCUT2D eigenvalue weighted by atomic mass is 9.84. The predicted octanol–water partition coefficient (Wildman–Crippen LogP) is 3.36. The van der Waals surface area contributed by atoms with E-state index >= 15 is 0 Å². The highest BCUT2D eigenvalue weighted by Gasteiger charge is 2.35. The van der Waals surface area contributed by atoms with Crippen LogP contribution in [-0.2, 0) is 25.8 Å². The van der Waals surface area contributed by atoms with Crippen molar-refractivity contribution in [2.24, 2.45) is 5.92 Å². The van der Waals surface area contributed by atoms with Crippen LogP contribution in [0.3, 0.4) is 0 Å². The fourth-order valence-corrected chi connectivity index (χ4v) is 3.14. The summed E-state index contributed by atoms with van der Waals surface area (Å²) in [5.74, 6) is -0.0485. The summed E-state index contributed by atoms with van der Waals surface area (Å²) in [6, 6.07) is 9.76. The summed E-state index contributed by atoms with van der Waals surface area (Å²) in [5, 5.41) is 0. The second-order valence-electron chi connectivity index (χ2n) is 6.89. The molecule has 1 atom stereocenters. The molecule has 0 radical (unpaired) electrons.